The molecule has 2 aromatic rings. The van der Waals surface area contributed by atoms with Crippen molar-refractivity contribution in [2.45, 2.75) is 61.2 Å². The molecule has 1 aliphatic carbocycles. The summed E-state index contributed by atoms with van der Waals surface area (Å²) < 4.78 is 31.7. The van der Waals surface area contributed by atoms with E-state index < -0.39 is 12.1 Å². The number of aliphatic carboxylic acids is 1. The van der Waals surface area contributed by atoms with Crippen molar-refractivity contribution in [3.63, 3.8) is 0 Å². The number of carbonyl (C=O) groups excluding carboxylic acids is 2. The fourth-order valence-electron chi connectivity index (χ4n) is 4.77. The third kappa shape index (κ3) is 10.9. The van der Waals surface area contributed by atoms with Crippen molar-refractivity contribution in [2.75, 3.05) is 26.2 Å². The molecular weight excluding hydrogens is 561 g/mol. The van der Waals surface area contributed by atoms with Gasteiger partial charge in [0.15, 0.2) is 0 Å². The van der Waals surface area contributed by atoms with Crippen molar-refractivity contribution in [1.29, 1.82) is 0 Å². The van der Waals surface area contributed by atoms with Crippen molar-refractivity contribution in [2.24, 2.45) is 0 Å². The number of thioether (sulfide) groups is 2. The molecule has 5 rings (SSSR count). The summed E-state index contributed by atoms with van der Waals surface area (Å²) in [4.78, 5) is 35.4. The summed E-state index contributed by atoms with van der Waals surface area (Å²) in [6.07, 6.45) is 2.70. The average Bonchev–Trinajstić information content (AvgIpc) is 3.73. The minimum absolute atomic E-state index is 0.194. The summed E-state index contributed by atoms with van der Waals surface area (Å²) in [6.45, 7) is 4.29. The van der Waals surface area contributed by atoms with Crippen LogP contribution >= 0.6 is 23.5 Å². The van der Waals surface area contributed by atoms with E-state index in [1.54, 1.807) is 11.8 Å². The number of carboxylic acid groups (broad SMARTS) is 1. The van der Waals surface area contributed by atoms with Gasteiger partial charge in [-0.05, 0) is 38.8 Å². The molecule has 40 heavy (non-hydrogen) atoms. The van der Waals surface area contributed by atoms with Crippen molar-refractivity contribution < 1.29 is 32.7 Å². The number of nitrogens with zero attached hydrogens (tertiary/aromatic N) is 1. The predicted octanol–water partition coefficient (Wildman–Crippen LogP) is 6.13. The van der Waals surface area contributed by atoms with E-state index in [1.165, 1.54) is 50.4 Å². The predicted molar refractivity (Wildman–Crippen MR) is 154 cm³/mol. The molecule has 11 heteroatoms. The van der Waals surface area contributed by atoms with Gasteiger partial charge < -0.3 is 10.4 Å². The molecule has 218 valence electrons. The molecule has 2 heterocycles. The summed E-state index contributed by atoms with van der Waals surface area (Å²) in [5, 5.41) is 11.8. The highest BCUT2D eigenvalue weighted by atomic mass is 32.2. The second-order valence-electron chi connectivity index (χ2n) is 9.80. The lowest BCUT2D eigenvalue weighted by molar-refractivity contribution is -0.192. The molecule has 0 radical (unpaired) electrons. The molecule has 2 aliphatic heterocycles. The molecule has 0 aromatic heterocycles. The Morgan fingerprint density at radius 1 is 0.800 bits per heavy atom. The first kappa shape index (κ1) is 32.2. The zero-order valence-corrected chi connectivity index (χ0v) is 23.8. The molecule has 2 saturated heterocycles. The van der Waals surface area contributed by atoms with Crippen LogP contribution in [0, 0.1) is 0 Å². The molecular formula is C29H35F3N2O4S2. The second kappa shape index (κ2) is 16.2. The van der Waals surface area contributed by atoms with Crippen molar-refractivity contribution in [3.05, 3.63) is 71.8 Å². The van der Waals surface area contributed by atoms with Gasteiger partial charge in [-0.15, -0.1) is 0 Å². The van der Waals surface area contributed by atoms with Crippen LogP contribution in [0.5, 0.6) is 0 Å². The second-order valence-corrected chi connectivity index (χ2v) is 12.4. The maximum absolute atomic E-state index is 12.2. The highest BCUT2D eigenvalue weighted by molar-refractivity contribution is 8.15. The zero-order chi connectivity index (χ0) is 29.0. The van der Waals surface area contributed by atoms with Gasteiger partial charge in [0.1, 0.15) is 0 Å². The van der Waals surface area contributed by atoms with Gasteiger partial charge >= 0.3 is 12.1 Å². The normalized spacial score (nSPS) is 21.2. The van der Waals surface area contributed by atoms with Crippen LogP contribution in [-0.4, -0.2) is 75.1 Å². The lowest BCUT2D eigenvalue weighted by Crippen LogP contribution is -2.31. The number of rotatable bonds is 5. The van der Waals surface area contributed by atoms with Crippen molar-refractivity contribution >= 4 is 39.7 Å². The Labute approximate surface area is 241 Å². The number of nitrogens with one attached hydrogen (secondary N) is 1. The van der Waals surface area contributed by atoms with E-state index in [-0.39, 0.29) is 10.2 Å². The minimum Gasteiger partial charge on any atom is -0.475 e. The number of benzene rings is 2. The Kier molecular flexibility index (Phi) is 13.0. The molecule has 3 fully saturated rings. The first-order valence-electron chi connectivity index (χ1n) is 13.4. The molecule has 0 bridgehead atoms. The number of alkyl halides is 3. The van der Waals surface area contributed by atoms with Crippen LogP contribution in [0.25, 0.3) is 0 Å². The van der Waals surface area contributed by atoms with Gasteiger partial charge in [0.2, 0.25) is 10.2 Å². The third-order valence-electron chi connectivity index (χ3n) is 6.84. The number of likely N-dealkylation sites (tertiary alicyclic amines) is 1. The largest absolute Gasteiger partial charge is 0.490 e. The number of carboxylic acids is 1. The lowest BCUT2D eigenvalue weighted by Gasteiger charge is -2.23. The fraction of sp³-hybridized carbons (Fsp3) is 0.483. The molecule has 0 amide bonds. The summed E-state index contributed by atoms with van der Waals surface area (Å²) in [5.41, 5.74) is 1.65. The van der Waals surface area contributed by atoms with Crippen LogP contribution in [0.3, 0.4) is 0 Å². The van der Waals surface area contributed by atoms with Crippen molar-refractivity contribution in [1.82, 2.24) is 10.2 Å². The van der Waals surface area contributed by atoms with Gasteiger partial charge in [0.25, 0.3) is 0 Å². The van der Waals surface area contributed by atoms with E-state index in [0.29, 0.717) is 10.5 Å². The standard InChI is InChI=1S/C16H21NOS.C11H13NOS.C2HF3O2/c18-16(13-6-2-1-3-7-13)19-15-10-11-17(12-15)14-8-4-5-9-14;13-11(9-4-2-1-3-5-9)14-10-6-7-12-8-10;3-2(4,5)1(6)7/h1-3,6-7,14-15H,4-5,8-12H2;1-5,10,12H,6-8H2;(H,6,7)/t15-;10-;/m00./s1. The summed E-state index contributed by atoms with van der Waals surface area (Å²) in [6, 6.07) is 19.9. The quantitative estimate of drug-likeness (QED) is 0.426. The first-order chi connectivity index (χ1) is 19.1. The molecule has 2 aromatic carbocycles. The molecule has 3 aliphatic rings. The molecule has 6 nitrogen and oxygen atoms in total. The van der Waals surface area contributed by atoms with E-state index in [4.69, 9.17) is 9.90 Å². The van der Waals surface area contributed by atoms with E-state index in [1.807, 2.05) is 60.7 Å². The maximum atomic E-state index is 12.2. The van der Waals surface area contributed by atoms with Crippen LogP contribution in [0.15, 0.2) is 60.7 Å². The molecule has 2 atom stereocenters. The Hall–Kier alpha value is -2.34. The fourth-order valence-corrected chi connectivity index (χ4v) is 6.84. The number of carbonyl (C=O) groups is 3. The average molecular weight is 597 g/mol. The van der Waals surface area contributed by atoms with Crippen molar-refractivity contribution in [3.8, 4) is 0 Å². The van der Waals surface area contributed by atoms with E-state index >= 15 is 0 Å². The van der Waals surface area contributed by atoms with Gasteiger partial charge in [-0.1, -0.05) is 97.0 Å². The first-order valence-corrected chi connectivity index (χ1v) is 15.2. The smallest absolute Gasteiger partial charge is 0.475 e. The van der Waals surface area contributed by atoms with Gasteiger partial charge in [-0.25, -0.2) is 4.79 Å². The topological polar surface area (TPSA) is 86.7 Å². The van der Waals surface area contributed by atoms with Crippen LogP contribution in [0.4, 0.5) is 13.2 Å². The molecule has 1 saturated carbocycles. The Balaban J connectivity index is 0.000000185. The summed E-state index contributed by atoms with van der Waals surface area (Å²) in [5.74, 6) is -2.76. The summed E-state index contributed by atoms with van der Waals surface area (Å²) in [7, 11) is 0. The minimum atomic E-state index is -5.08. The van der Waals surface area contributed by atoms with Crippen LogP contribution in [-0.2, 0) is 4.79 Å². The van der Waals surface area contributed by atoms with E-state index in [0.717, 1.165) is 43.2 Å². The Morgan fingerprint density at radius 3 is 1.75 bits per heavy atom. The zero-order valence-electron chi connectivity index (χ0n) is 22.1. The Morgan fingerprint density at radius 2 is 1.30 bits per heavy atom. The number of hydrogen-bond donors (Lipinski definition) is 2. The van der Waals surface area contributed by atoms with Gasteiger partial charge in [-0.3, -0.25) is 14.5 Å². The van der Waals surface area contributed by atoms with Gasteiger partial charge in [0, 0.05) is 40.8 Å². The molecule has 2 N–H and O–H groups in total. The van der Waals surface area contributed by atoms with Crippen LogP contribution in [0.2, 0.25) is 0 Å². The highest BCUT2D eigenvalue weighted by Gasteiger charge is 2.38. The third-order valence-corrected chi connectivity index (χ3v) is 9.19. The molecule has 0 unspecified atom stereocenters. The van der Waals surface area contributed by atoms with Gasteiger partial charge in [0.05, 0.1) is 0 Å². The highest BCUT2D eigenvalue weighted by Crippen LogP contribution is 2.31. The SMILES string of the molecule is O=C(O)C(F)(F)F.O=C(S[C@H]1CCN(C2CCCC2)C1)c1ccccc1.O=C(S[C@H]1CCNC1)c1ccccc1. The van der Waals surface area contributed by atoms with Gasteiger partial charge in [-0.2, -0.15) is 13.2 Å². The molecule has 0 spiro atoms. The number of halogens is 3. The summed E-state index contributed by atoms with van der Waals surface area (Å²) >= 11 is 3.00. The monoisotopic (exact) mass is 596 g/mol. The van der Waals surface area contributed by atoms with Crippen LogP contribution < -0.4 is 5.32 Å². The lowest BCUT2D eigenvalue weighted by atomic mass is 10.2. The maximum Gasteiger partial charge on any atom is 0.490 e. The number of hydrogen-bond acceptors (Lipinski definition) is 7. The van der Waals surface area contributed by atoms with Crippen LogP contribution in [0.1, 0.15) is 59.2 Å². The Bertz CT molecular complexity index is 1080. The van der Waals surface area contributed by atoms with E-state index in [9.17, 15) is 22.8 Å². The van der Waals surface area contributed by atoms with E-state index in [2.05, 4.69) is 10.2 Å².